The molecule has 2 rings (SSSR count). The van der Waals surface area contributed by atoms with Gasteiger partial charge in [0.25, 0.3) is 0 Å². The molecule has 0 fully saturated rings. The van der Waals surface area contributed by atoms with Crippen LogP contribution in [-0.4, -0.2) is 12.0 Å². The van der Waals surface area contributed by atoms with Crippen molar-refractivity contribution in [2.24, 2.45) is 5.73 Å². The molecule has 0 spiro atoms. The highest BCUT2D eigenvalue weighted by Gasteiger charge is 2.13. The van der Waals surface area contributed by atoms with Crippen LogP contribution in [0.5, 0.6) is 0 Å². The van der Waals surface area contributed by atoms with E-state index in [1.54, 1.807) is 6.07 Å². The Balaban J connectivity index is 2.32. The monoisotopic (exact) mass is 368 g/mol. The van der Waals surface area contributed by atoms with Crippen molar-refractivity contribution >= 4 is 50.4 Å². The lowest BCUT2D eigenvalue weighted by molar-refractivity contribution is 0.921. The zero-order valence-electron chi connectivity index (χ0n) is 10.9. The van der Waals surface area contributed by atoms with Gasteiger partial charge in [-0.1, -0.05) is 57.9 Å². The van der Waals surface area contributed by atoms with E-state index < -0.39 is 0 Å². The number of nitrogens with two attached hydrogens (primary N) is 1. The number of anilines is 1. The fourth-order valence-electron chi connectivity index (χ4n) is 2.07. The van der Waals surface area contributed by atoms with Crippen LogP contribution in [0.15, 0.2) is 46.9 Å². The number of rotatable bonds is 4. The van der Waals surface area contributed by atoms with E-state index in [2.05, 4.69) is 33.0 Å². The molecule has 2 nitrogen and oxygen atoms in total. The predicted molar refractivity (Wildman–Crippen MR) is 93.6 cm³/mol. The lowest BCUT2D eigenvalue weighted by atomic mass is 10.1. The first-order valence-electron chi connectivity index (χ1n) is 6.03. The minimum Gasteiger partial charge on any atom is -0.389 e. The molecule has 0 unspecified atom stereocenters. The van der Waals surface area contributed by atoms with Crippen LogP contribution in [0.1, 0.15) is 11.1 Å². The summed E-state index contributed by atoms with van der Waals surface area (Å²) in [4.78, 5) is 2.40. The fourth-order valence-corrected chi connectivity index (χ4v) is 3.06. The third-order valence-electron chi connectivity index (χ3n) is 2.96. The Hall–Kier alpha value is -1.10. The molecule has 104 valence electrons. The van der Waals surface area contributed by atoms with Gasteiger partial charge in [-0.25, -0.2) is 0 Å². The Morgan fingerprint density at radius 2 is 2.00 bits per heavy atom. The summed E-state index contributed by atoms with van der Waals surface area (Å²) in [7, 11) is 1.99. The van der Waals surface area contributed by atoms with Gasteiger partial charge in [-0.15, -0.1) is 0 Å². The van der Waals surface area contributed by atoms with Crippen molar-refractivity contribution in [1.82, 2.24) is 0 Å². The summed E-state index contributed by atoms with van der Waals surface area (Å²) in [6.45, 7) is 0.745. The maximum atomic E-state index is 6.20. The van der Waals surface area contributed by atoms with Gasteiger partial charge in [-0.3, -0.25) is 0 Å². The number of thiocarbonyl (C=S) groups is 1. The van der Waals surface area contributed by atoms with E-state index in [9.17, 15) is 0 Å². The molecule has 0 bridgehead atoms. The van der Waals surface area contributed by atoms with Gasteiger partial charge in [-0.2, -0.15) is 0 Å². The zero-order valence-corrected chi connectivity index (χ0v) is 14.1. The van der Waals surface area contributed by atoms with Crippen molar-refractivity contribution in [3.05, 3.63) is 63.1 Å². The maximum Gasteiger partial charge on any atom is 0.107 e. The van der Waals surface area contributed by atoms with E-state index in [4.69, 9.17) is 29.6 Å². The highest BCUT2D eigenvalue weighted by Crippen LogP contribution is 2.28. The summed E-state index contributed by atoms with van der Waals surface area (Å²) in [5.41, 5.74) is 8.63. The number of hydrogen-bond acceptors (Lipinski definition) is 2. The van der Waals surface area contributed by atoms with Gasteiger partial charge in [-0.05, 0) is 29.8 Å². The molecule has 0 atom stereocenters. The third-order valence-corrected chi connectivity index (χ3v) is 3.97. The highest BCUT2D eigenvalue weighted by atomic mass is 79.9. The average molecular weight is 370 g/mol. The van der Waals surface area contributed by atoms with Gasteiger partial charge in [0, 0.05) is 23.8 Å². The number of nitrogens with zero attached hydrogens (tertiary/aromatic N) is 1. The molecule has 20 heavy (non-hydrogen) atoms. The Kier molecular flexibility index (Phi) is 5.02. The minimum atomic E-state index is 0.312. The van der Waals surface area contributed by atoms with Crippen LogP contribution < -0.4 is 10.6 Å². The lowest BCUT2D eigenvalue weighted by Crippen LogP contribution is -2.21. The van der Waals surface area contributed by atoms with E-state index >= 15 is 0 Å². The number of benzene rings is 2. The first-order valence-corrected chi connectivity index (χ1v) is 7.61. The number of hydrogen-bond donors (Lipinski definition) is 1. The molecule has 2 N–H and O–H groups in total. The van der Waals surface area contributed by atoms with Crippen molar-refractivity contribution in [3.8, 4) is 0 Å². The Labute approximate surface area is 137 Å². The summed E-state index contributed by atoms with van der Waals surface area (Å²) in [6, 6.07) is 13.8. The summed E-state index contributed by atoms with van der Waals surface area (Å²) in [6.07, 6.45) is 0. The van der Waals surface area contributed by atoms with E-state index in [0.717, 1.165) is 22.3 Å². The Bertz CT molecular complexity index is 646. The molecule has 0 aliphatic carbocycles. The molecule has 2 aromatic carbocycles. The van der Waals surface area contributed by atoms with Crippen LogP contribution in [0.3, 0.4) is 0 Å². The predicted octanol–water partition coefficient (Wildman–Crippen LogP) is 4.37. The molecule has 0 saturated heterocycles. The van der Waals surface area contributed by atoms with Crippen LogP contribution in [0.2, 0.25) is 5.02 Å². The van der Waals surface area contributed by atoms with Gasteiger partial charge < -0.3 is 10.6 Å². The summed E-state index contributed by atoms with van der Waals surface area (Å²) >= 11 is 14.8. The molecule has 0 aliphatic rings. The number of halogens is 2. The molecule has 0 aromatic heterocycles. The minimum absolute atomic E-state index is 0.312. The van der Waals surface area contributed by atoms with Crippen molar-refractivity contribution < 1.29 is 0 Å². The van der Waals surface area contributed by atoms with E-state index in [0.29, 0.717) is 10.0 Å². The van der Waals surface area contributed by atoms with Gasteiger partial charge in [0.1, 0.15) is 4.99 Å². The molecule has 5 heteroatoms. The van der Waals surface area contributed by atoms with E-state index in [1.165, 1.54) is 5.56 Å². The van der Waals surface area contributed by atoms with Gasteiger partial charge in [0.2, 0.25) is 0 Å². The first kappa shape index (κ1) is 15.3. The van der Waals surface area contributed by atoms with Crippen LogP contribution in [0.25, 0.3) is 0 Å². The molecular weight excluding hydrogens is 356 g/mol. The normalized spacial score (nSPS) is 10.3. The Morgan fingerprint density at radius 3 is 2.65 bits per heavy atom. The molecule has 0 aliphatic heterocycles. The molecule has 0 heterocycles. The Morgan fingerprint density at radius 1 is 1.30 bits per heavy atom. The standard InChI is InChI=1S/C15H14BrClN2S/c1-19(9-10-4-2-5-11(16)8-10)13-7-3-6-12(17)14(13)15(18)20/h2-8H,9H2,1H3,(H2,18,20). The average Bonchev–Trinajstić information content (AvgIpc) is 2.37. The third kappa shape index (κ3) is 3.51. The van der Waals surface area contributed by atoms with Crippen LogP contribution in [0, 0.1) is 0 Å². The van der Waals surface area contributed by atoms with Gasteiger partial charge in [0.15, 0.2) is 0 Å². The van der Waals surface area contributed by atoms with E-state index in [1.807, 2.05) is 31.3 Å². The molecule has 0 radical (unpaired) electrons. The fraction of sp³-hybridized carbons (Fsp3) is 0.133. The second-order valence-electron chi connectivity index (χ2n) is 4.48. The van der Waals surface area contributed by atoms with Gasteiger partial charge >= 0.3 is 0 Å². The van der Waals surface area contributed by atoms with Gasteiger partial charge in [0.05, 0.1) is 10.6 Å². The SMILES string of the molecule is CN(Cc1cccc(Br)c1)c1cccc(Cl)c1C(N)=S. The van der Waals surface area contributed by atoms with Crippen molar-refractivity contribution in [1.29, 1.82) is 0 Å². The molecule has 0 saturated carbocycles. The second-order valence-corrected chi connectivity index (χ2v) is 6.25. The maximum absolute atomic E-state index is 6.20. The van der Waals surface area contributed by atoms with Crippen LogP contribution >= 0.6 is 39.7 Å². The van der Waals surface area contributed by atoms with Crippen molar-refractivity contribution in [3.63, 3.8) is 0 Å². The zero-order chi connectivity index (χ0) is 14.7. The smallest absolute Gasteiger partial charge is 0.107 e. The van der Waals surface area contributed by atoms with Crippen LogP contribution in [0.4, 0.5) is 5.69 Å². The van der Waals surface area contributed by atoms with E-state index in [-0.39, 0.29) is 0 Å². The summed E-state index contributed by atoms with van der Waals surface area (Å²) < 4.78 is 1.06. The summed E-state index contributed by atoms with van der Waals surface area (Å²) in [5, 5.41) is 0.580. The largest absolute Gasteiger partial charge is 0.389 e. The molecule has 0 amide bonds. The highest BCUT2D eigenvalue weighted by molar-refractivity contribution is 9.10. The summed E-state index contributed by atoms with van der Waals surface area (Å²) in [5.74, 6) is 0. The molecule has 2 aromatic rings. The van der Waals surface area contributed by atoms with Crippen LogP contribution in [-0.2, 0) is 6.54 Å². The first-order chi connectivity index (χ1) is 9.49. The van der Waals surface area contributed by atoms with Crippen molar-refractivity contribution in [2.75, 3.05) is 11.9 Å². The molecular formula is C15H14BrClN2S. The van der Waals surface area contributed by atoms with Crippen molar-refractivity contribution in [2.45, 2.75) is 6.54 Å². The quantitative estimate of drug-likeness (QED) is 0.811. The topological polar surface area (TPSA) is 29.3 Å². The lowest BCUT2D eigenvalue weighted by Gasteiger charge is -2.23. The second kappa shape index (κ2) is 6.57.